The summed E-state index contributed by atoms with van der Waals surface area (Å²) in [6.07, 6.45) is 3.18. The molecule has 0 atom stereocenters. The monoisotopic (exact) mass is 300 g/mol. The zero-order valence-electron chi connectivity index (χ0n) is 10.7. The van der Waals surface area contributed by atoms with E-state index in [0.29, 0.717) is 18.9 Å². The molecule has 1 aromatic rings. The second kappa shape index (κ2) is 5.85. The van der Waals surface area contributed by atoms with Gasteiger partial charge in [-0.2, -0.15) is 9.57 Å². The Morgan fingerprint density at radius 2 is 1.90 bits per heavy atom. The Bertz CT molecular complexity index is 634. The number of benzene rings is 1. The first kappa shape index (κ1) is 14.9. The van der Waals surface area contributed by atoms with Crippen LogP contribution in [0.25, 0.3) is 0 Å². The van der Waals surface area contributed by atoms with Crippen LogP contribution < -0.4 is 0 Å². The molecule has 0 unspecified atom stereocenters. The van der Waals surface area contributed by atoms with E-state index >= 15 is 0 Å². The van der Waals surface area contributed by atoms with Crippen molar-refractivity contribution in [3.05, 3.63) is 29.8 Å². The lowest BCUT2D eigenvalue weighted by Crippen LogP contribution is -2.39. The number of sulfonamides is 1. The van der Waals surface area contributed by atoms with Gasteiger partial charge in [0.15, 0.2) is 11.6 Å². The summed E-state index contributed by atoms with van der Waals surface area (Å²) in [5.74, 6) is -2.31. The van der Waals surface area contributed by atoms with Crippen molar-refractivity contribution in [2.24, 2.45) is 0 Å². The molecule has 0 aromatic heterocycles. The molecular weight excluding hydrogens is 286 g/mol. The van der Waals surface area contributed by atoms with Crippen molar-refractivity contribution < 1.29 is 17.2 Å². The van der Waals surface area contributed by atoms with Gasteiger partial charge in [-0.25, -0.2) is 17.2 Å². The Kier molecular flexibility index (Phi) is 4.35. The highest BCUT2D eigenvalue weighted by atomic mass is 32.2. The van der Waals surface area contributed by atoms with Crippen LogP contribution in [0.4, 0.5) is 8.78 Å². The summed E-state index contributed by atoms with van der Waals surface area (Å²) in [5, 5.41) is 8.82. The fourth-order valence-corrected chi connectivity index (χ4v) is 4.04. The van der Waals surface area contributed by atoms with Crippen molar-refractivity contribution in [1.29, 1.82) is 5.26 Å². The van der Waals surface area contributed by atoms with Gasteiger partial charge in [0.2, 0.25) is 10.0 Å². The van der Waals surface area contributed by atoms with Crippen LogP contribution in [-0.2, 0) is 10.0 Å². The Morgan fingerprint density at radius 1 is 1.25 bits per heavy atom. The molecule has 0 aliphatic heterocycles. The van der Waals surface area contributed by atoms with Crippen LogP contribution in [0, 0.1) is 23.0 Å². The maximum Gasteiger partial charge on any atom is 0.244 e. The molecule has 4 nitrogen and oxygen atoms in total. The van der Waals surface area contributed by atoms with Crippen LogP contribution in [0.1, 0.15) is 25.7 Å². The van der Waals surface area contributed by atoms with Gasteiger partial charge in [0.1, 0.15) is 6.54 Å². The third kappa shape index (κ3) is 2.81. The van der Waals surface area contributed by atoms with Crippen LogP contribution in [0.5, 0.6) is 0 Å². The molecule has 1 aliphatic rings. The number of nitrogens with zero attached hydrogens (tertiary/aromatic N) is 2. The summed E-state index contributed by atoms with van der Waals surface area (Å²) in [7, 11) is -3.98. The Labute approximate surface area is 116 Å². The summed E-state index contributed by atoms with van der Waals surface area (Å²) in [4.78, 5) is -0.321. The maximum atomic E-state index is 13.2. The molecule has 0 spiro atoms. The first-order chi connectivity index (χ1) is 9.46. The average Bonchev–Trinajstić information content (AvgIpc) is 2.92. The first-order valence-corrected chi connectivity index (χ1v) is 7.74. The molecule has 0 saturated heterocycles. The predicted octanol–water partition coefficient (Wildman–Crippen LogP) is 2.42. The van der Waals surface area contributed by atoms with Gasteiger partial charge in [-0.05, 0) is 31.0 Å². The maximum absolute atomic E-state index is 13.2. The zero-order valence-corrected chi connectivity index (χ0v) is 11.5. The van der Waals surface area contributed by atoms with Gasteiger partial charge in [0, 0.05) is 6.04 Å². The van der Waals surface area contributed by atoms with Crippen molar-refractivity contribution >= 4 is 10.0 Å². The summed E-state index contributed by atoms with van der Waals surface area (Å²) in [6.45, 7) is -0.286. The Balaban J connectivity index is 2.39. The molecule has 0 radical (unpaired) electrons. The van der Waals surface area contributed by atoms with Gasteiger partial charge in [0.05, 0.1) is 11.0 Å². The summed E-state index contributed by atoms with van der Waals surface area (Å²) in [6, 6.07) is 4.04. The molecule has 0 bridgehead atoms. The molecule has 7 heteroatoms. The fraction of sp³-hybridized carbons (Fsp3) is 0.462. The van der Waals surface area contributed by atoms with E-state index in [1.165, 1.54) is 0 Å². The Morgan fingerprint density at radius 3 is 2.45 bits per heavy atom. The normalized spacial score (nSPS) is 16.5. The van der Waals surface area contributed by atoms with Gasteiger partial charge in [-0.1, -0.05) is 12.8 Å². The average molecular weight is 300 g/mol. The lowest BCUT2D eigenvalue weighted by Gasteiger charge is -2.25. The quantitative estimate of drug-likeness (QED) is 0.802. The molecule has 1 fully saturated rings. The second-order valence-electron chi connectivity index (χ2n) is 4.72. The molecule has 108 valence electrons. The predicted molar refractivity (Wildman–Crippen MR) is 68.1 cm³/mol. The molecule has 0 N–H and O–H groups in total. The van der Waals surface area contributed by atoms with E-state index in [1.807, 2.05) is 6.07 Å². The smallest absolute Gasteiger partial charge is 0.207 e. The summed E-state index contributed by atoms with van der Waals surface area (Å²) in [5.41, 5.74) is 0. The standard InChI is InChI=1S/C13H14F2N2O2S/c14-12-6-5-11(9-13(12)15)20(18,19)17(8-7-16)10-3-1-2-4-10/h5-6,9-10H,1-4,8H2. The minimum Gasteiger partial charge on any atom is -0.207 e. The van der Waals surface area contributed by atoms with E-state index in [2.05, 4.69) is 0 Å². The van der Waals surface area contributed by atoms with E-state index in [9.17, 15) is 17.2 Å². The highest BCUT2D eigenvalue weighted by molar-refractivity contribution is 7.89. The van der Waals surface area contributed by atoms with Crippen LogP contribution in [0.2, 0.25) is 0 Å². The van der Waals surface area contributed by atoms with Crippen molar-refractivity contribution in [2.75, 3.05) is 6.54 Å². The zero-order chi connectivity index (χ0) is 14.8. The molecular formula is C13H14F2N2O2S. The molecule has 0 amide bonds. The summed E-state index contributed by atoms with van der Waals surface area (Å²) >= 11 is 0. The first-order valence-electron chi connectivity index (χ1n) is 6.30. The minimum atomic E-state index is -3.98. The number of hydrogen-bond acceptors (Lipinski definition) is 3. The number of nitriles is 1. The molecule has 1 aromatic carbocycles. The molecule has 20 heavy (non-hydrogen) atoms. The third-order valence-electron chi connectivity index (χ3n) is 3.46. The van der Waals surface area contributed by atoms with E-state index in [-0.39, 0.29) is 17.5 Å². The topological polar surface area (TPSA) is 61.2 Å². The molecule has 1 saturated carbocycles. The van der Waals surface area contributed by atoms with Crippen LogP contribution in [0.3, 0.4) is 0 Å². The summed E-state index contributed by atoms with van der Waals surface area (Å²) < 4.78 is 52.1. The van der Waals surface area contributed by atoms with E-state index in [4.69, 9.17) is 5.26 Å². The van der Waals surface area contributed by atoms with Crippen molar-refractivity contribution in [2.45, 2.75) is 36.6 Å². The highest BCUT2D eigenvalue weighted by Gasteiger charge is 2.33. The van der Waals surface area contributed by atoms with Crippen LogP contribution in [0.15, 0.2) is 23.1 Å². The number of rotatable bonds is 4. The van der Waals surface area contributed by atoms with Gasteiger partial charge in [0.25, 0.3) is 0 Å². The minimum absolute atomic E-state index is 0.243. The lowest BCUT2D eigenvalue weighted by molar-refractivity contribution is 0.350. The molecule has 0 heterocycles. The van der Waals surface area contributed by atoms with Gasteiger partial charge in [-0.15, -0.1) is 0 Å². The van der Waals surface area contributed by atoms with Crippen LogP contribution >= 0.6 is 0 Å². The Hall–Kier alpha value is -1.52. The number of halogens is 2. The molecule has 1 aliphatic carbocycles. The second-order valence-corrected chi connectivity index (χ2v) is 6.61. The van der Waals surface area contributed by atoms with Gasteiger partial charge < -0.3 is 0 Å². The molecule has 2 rings (SSSR count). The van der Waals surface area contributed by atoms with Crippen molar-refractivity contribution in [3.63, 3.8) is 0 Å². The third-order valence-corrected chi connectivity index (χ3v) is 5.35. The van der Waals surface area contributed by atoms with Gasteiger partial charge in [-0.3, -0.25) is 0 Å². The van der Waals surface area contributed by atoms with Crippen molar-refractivity contribution in [1.82, 2.24) is 4.31 Å². The van der Waals surface area contributed by atoms with E-state index in [0.717, 1.165) is 29.3 Å². The number of hydrogen-bond donors (Lipinski definition) is 0. The van der Waals surface area contributed by atoms with Crippen molar-refractivity contribution in [3.8, 4) is 6.07 Å². The largest absolute Gasteiger partial charge is 0.244 e. The van der Waals surface area contributed by atoms with Crippen LogP contribution in [-0.4, -0.2) is 25.3 Å². The fourth-order valence-electron chi connectivity index (χ4n) is 2.44. The lowest BCUT2D eigenvalue weighted by atomic mass is 10.2. The van der Waals surface area contributed by atoms with E-state index in [1.54, 1.807) is 0 Å². The SMILES string of the molecule is N#CCN(C1CCCC1)S(=O)(=O)c1ccc(F)c(F)c1. The van der Waals surface area contributed by atoms with E-state index < -0.39 is 21.7 Å². The highest BCUT2D eigenvalue weighted by Crippen LogP contribution is 2.28. The van der Waals surface area contributed by atoms with Gasteiger partial charge >= 0.3 is 0 Å².